The highest BCUT2D eigenvalue weighted by atomic mass is 32.1. The summed E-state index contributed by atoms with van der Waals surface area (Å²) in [7, 11) is 0. The number of nitrogens with zero attached hydrogens (tertiary/aromatic N) is 2. The smallest absolute Gasteiger partial charge is 0.194 e. The maximum Gasteiger partial charge on any atom is 0.194 e. The Morgan fingerprint density at radius 2 is 0.972 bits per heavy atom. The van der Waals surface area contributed by atoms with E-state index in [1.165, 1.54) is 69.9 Å². The monoisotopic (exact) mass is 936 g/mol. The Hall–Kier alpha value is -9.16. The first kappa shape index (κ1) is 39.7. The van der Waals surface area contributed by atoms with E-state index in [0.717, 1.165) is 56.2 Å². The molecule has 3 aliphatic rings. The van der Waals surface area contributed by atoms with Crippen molar-refractivity contribution in [1.29, 1.82) is 0 Å². The van der Waals surface area contributed by atoms with Gasteiger partial charge in [-0.25, -0.2) is 0 Å². The van der Waals surface area contributed by atoms with E-state index in [2.05, 4.69) is 246 Å². The highest BCUT2D eigenvalue weighted by Gasteiger charge is 2.53. The number of benzene rings is 11. The first-order valence-corrected chi connectivity index (χ1v) is 25.4. The van der Waals surface area contributed by atoms with Crippen LogP contribution >= 0.6 is 11.3 Å². The van der Waals surface area contributed by atoms with Crippen molar-refractivity contribution < 1.29 is 9.47 Å². The molecule has 5 heteroatoms. The fourth-order valence-corrected chi connectivity index (χ4v) is 13.6. The zero-order valence-electron chi connectivity index (χ0n) is 38.7. The van der Waals surface area contributed by atoms with Crippen molar-refractivity contribution in [1.82, 2.24) is 4.57 Å². The number of fused-ring (bicyclic) bond motifs is 19. The summed E-state index contributed by atoms with van der Waals surface area (Å²) in [6.07, 6.45) is 0. The second-order valence-corrected chi connectivity index (χ2v) is 20.2. The molecule has 0 saturated carbocycles. The molecule has 11 aromatic carbocycles. The predicted molar refractivity (Wildman–Crippen MR) is 297 cm³/mol. The van der Waals surface area contributed by atoms with Crippen LogP contribution in [0.1, 0.15) is 22.3 Å². The summed E-state index contributed by atoms with van der Waals surface area (Å²) in [5, 5.41) is 5.03. The Labute approximate surface area is 419 Å². The molecule has 336 valence electrons. The van der Waals surface area contributed by atoms with Gasteiger partial charge in [0.1, 0.15) is 0 Å². The lowest BCUT2D eigenvalue weighted by Gasteiger charge is -2.32. The Bertz CT molecular complexity index is 4330. The minimum atomic E-state index is -0.515. The molecule has 1 spiro atoms. The zero-order chi connectivity index (χ0) is 47.1. The van der Waals surface area contributed by atoms with Gasteiger partial charge < -0.3 is 18.9 Å². The van der Waals surface area contributed by atoms with E-state index < -0.39 is 5.41 Å². The molecule has 16 rings (SSSR count). The number of hydrogen-bond donors (Lipinski definition) is 0. The van der Waals surface area contributed by atoms with Gasteiger partial charge in [0, 0.05) is 53.6 Å². The topological polar surface area (TPSA) is 26.6 Å². The van der Waals surface area contributed by atoms with Crippen LogP contribution < -0.4 is 14.4 Å². The highest BCUT2D eigenvalue weighted by molar-refractivity contribution is 7.25. The molecule has 0 N–H and O–H groups in total. The molecular formula is C67H40N2O2S. The van der Waals surface area contributed by atoms with Gasteiger partial charge in [-0.3, -0.25) is 0 Å². The largest absolute Gasteiger partial charge is 0.449 e. The lowest BCUT2D eigenvalue weighted by Crippen LogP contribution is -2.25. The number of thiophene rings is 1. The lowest BCUT2D eigenvalue weighted by molar-refractivity contribution is 0.361. The summed E-state index contributed by atoms with van der Waals surface area (Å²) in [5.74, 6) is 2.74. The van der Waals surface area contributed by atoms with Gasteiger partial charge in [-0.15, -0.1) is 11.3 Å². The average molecular weight is 937 g/mol. The molecule has 0 fully saturated rings. The second-order valence-electron chi connectivity index (χ2n) is 19.1. The van der Waals surface area contributed by atoms with Crippen molar-refractivity contribution in [2.75, 3.05) is 4.90 Å². The van der Waals surface area contributed by atoms with E-state index in [9.17, 15) is 0 Å². The van der Waals surface area contributed by atoms with E-state index in [1.54, 1.807) is 0 Å². The van der Waals surface area contributed by atoms with Crippen molar-refractivity contribution in [3.05, 3.63) is 265 Å². The van der Waals surface area contributed by atoms with Gasteiger partial charge >= 0.3 is 0 Å². The zero-order valence-corrected chi connectivity index (χ0v) is 39.5. The molecule has 0 saturated heterocycles. The minimum absolute atomic E-state index is 0.515. The maximum atomic E-state index is 7.52. The number of ether oxygens (including phenoxy) is 2. The molecule has 0 amide bonds. The van der Waals surface area contributed by atoms with Crippen LogP contribution in [0.2, 0.25) is 0 Å². The van der Waals surface area contributed by atoms with Crippen LogP contribution in [0.4, 0.5) is 17.1 Å². The number of hydrogen-bond acceptors (Lipinski definition) is 4. The number of aromatic nitrogens is 1. The fourth-order valence-electron chi connectivity index (χ4n) is 12.5. The van der Waals surface area contributed by atoms with E-state index in [-0.39, 0.29) is 0 Å². The third kappa shape index (κ3) is 5.40. The molecular weight excluding hydrogens is 897 g/mol. The third-order valence-electron chi connectivity index (χ3n) is 15.5. The predicted octanol–water partition coefficient (Wildman–Crippen LogP) is 18.5. The first-order chi connectivity index (χ1) is 35.7. The van der Waals surface area contributed by atoms with E-state index in [4.69, 9.17) is 9.47 Å². The summed E-state index contributed by atoms with van der Waals surface area (Å²) >= 11 is 1.85. The molecule has 2 aromatic heterocycles. The summed E-state index contributed by atoms with van der Waals surface area (Å²) in [6.45, 7) is 0. The van der Waals surface area contributed by atoms with Gasteiger partial charge in [0.05, 0.1) is 22.1 Å². The molecule has 0 bridgehead atoms. The standard InChI is InChI=1S/C67H40N2O2S/c1-7-23-53-46(17-1)47-18-2-8-24-54(47)67(53)55-25-9-3-22-51(55)64-56(67)36-37-61-66(64)71-65-59(28-14-29-60(65)70-61)68(43-34-31-41(32-35-43)42-33-38-63-52(39-42)50-21-6-12-30-62(50)72-63)44-15-13-16-45(40-44)69-57-26-10-4-19-48(57)49-20-5-11-27-58(49)69/h1-40H. The Kier molecular flexibility index (Phi) is 8.22. The number of para-hydroxylation sites is 3. The van der Waals surface area contributed by atoms with Gasteiger partial charge in [0.2, 0.25) is 0 Å². The van der Waals surface area contributed by atoms with Crippen molar-refractivity contribution in [3.8, 4) is 62.1 Å². The molecule has 72 heavy (non-hydrogen) atoms. The Morgan fingerprint density at radius 1 is 0.375 bits per heavy atom. The normalized spacial score (nSPS) is 13.3. The van der Waals surface area contributed by atoms with Gasteiger partial charge in [0.15, 0.2) is 23.0 Å². The molecule has 1 aliphatic heterocycles. The van der Waals surface area contributed by atoms with Crippen LogP contribution in [0.3, 0.4) is 0 Å². The molecule has 2 aliphatic carbocycles. The van der Waals surface area contributed by atoms with Gasteiger partial charge in [-0.05, 0) is 129 Å². The van der Waals surface area contributed by atoms with Crippen LogP contribution in [0.5, 0.6) is 23.0 Å². The quantitative estimate of drug-likeness (QED) is 0.172. The highest BCUT2D eigenvalue weighted by Crippen LogP contribution is 2.67. The van der Waals surface area contributed by atoms with Crippen molar-refractivity contribution in [2.45, 2.75) is 5.41 Å². The van der Waals surface area contributed by atoms with Crippen LogP contribution in [0.15, 0.2) is 243 Å². The third-order valence-corrected chi connectivity index (χ3v) is 16.6. The SMILES string of the molecule is c1cc(N(c2ccc(-c3ccc4sc5ccccc5c4c3)cc2)c2cccc3c2Oc2c(ccc4c2-c2ccccc2C42c4ccccc4-c4ccccc42)O3)cc(-n2c3ccccc3c3ccccc32)c1. The Balaban J connectivity index is 0.883. The van der Waals surface area contributed by atoms with E-state index in [0.29, 0.717) is 17.2 Å². The fraction of sp³-hybridized carbons (Fsp3) is 0.0149. The van der Waals surface area contributed by atoms with Gasteiger partial charge in [-0.1, -0.05) is 164 Å². The van der Waals surface area contributed by atoms with Crippen molar-refractivity contribution in [2.24, 2.45) is 0 Å². The minimum Gasteiger partial charge on any atom is -0.449 e. The molecule has 3 heterocycles. The summed E-state index contributed by atoms with van der Waals surface area (Å²) in [5.41, 5.74) is 17.8. The van der Waals surface area contributed by atoms with Crippen molar-refractivity contribution >= 4 is 70.4 Å². The number of anilines is 3. The lowest BCUT2D eigenvalue weighted by atomic mass is 9.70. The Morgan fingerprint density at radius 3 is 1.72 bits per heavy atom. The van der Waals surface area contributed by atoms with E-state index in [1.807, 2.05) is 17.4 Å². The summed E-state index contributed by atoms with van der Waals surface area (Å²) < 4.78 is 19.5. The van der Waals surface area contributed by atoms with Crippen LogP contribution in [0.25, 0.3) is 81.0 Å². The van der Waals surface area contributed by atoms with Gasteiger partial charge in [-0.2, -0.15) is 0 Å². The van der Waals surface area contributed by atoms with Crippen LogP contribution in [0, 0.1) is 0 Å². The molecule has 13 aromatic rings. The maximum absolute atomic E-state index is 7.52. The average Bonchev–Trinajstić information content (AvgIpc) is 4.17. The molecule has 0 atom stereocenters. The van der Waals surface area contributed by atoms with Crippen LogP contribution in [-0.4, -0.2) is 4.57 Å². The first-order valence-electron chi connectivity index (χ1n) is 24.6. The molecule has 4 nitrogen and oxygen atoms in total. The number of rotatable bonds is 5. The molecule has 0 unspecified atom stereocenters. The van der Waals surface area contributed by atoms with Gasteiger partial charge in [0.25, 0.3) is 0 Å². The summed E-state index contributed by atoms with van der Waals surface area (Å²) in [6, 6.07) is 88.1. The van der Waals surface area contributed by atoms with E-state index >= 15 is 0 Å². The summed E-state index contributed by atoms with van der Waals surface area (Å²) in [4.78, 5) is 2.33. The van der Waals surface area contributed by atoms with Crippen LogP contribution in [-0.2, 0) is 5.41 Å². The second kappa shape index (κ2) is 14.9. The molecule has 0 radical (unpaired) electrons. The van der Waals surface area contributed by atoms with Crippen molar-refractivity contribution in [3.63, 3.8) is 0 Å².